The lowest BCUT2D eigenvalue weighted by Crippen LogP contribution is -2.21. The molecule has 0 aromatic heterocycles. The molecule has 0 atom stereocenters. The lowest BCUT2D eigenvalue weighted by atomic mass is 10.2. The molecule has 0 saturated carbocycles. The van der Waals surface area contributed by atoms with Crippen LogP contribution in [0.5, 0.6) is 0 Å². The van der Waals surface area contributed by atoms with Crippen LogP contribution in [0.25, 0.3) is 0 Å². The maximum absolute atomic E-state index is 12.6. The van der Waals surface area contributed by atoms with Crippen molar-refractivity contribution < 1.29 is 18.1 Å². The predicted octanol–water partition coefficient (Wildman–Crippen LogP) is 4.47. The summed E-state index contributed by atoms with van der Waals surface area (Å²) in [5.74, 6) is -0.695. The summed E-state index contributed by atoms with van der Waals surface area (Å²) < 4.78 is 27.6. The number of amides is 1. The normalized spacial score (nSPS) is 11.3. The molecule has 0 fully saturated rings. The Bertz CT molecular complexity index is 1310. The van der Waals surface area contributed by atoms with Gasteiger partial charge < -0.3 is 0 Å². The summed E-state index contributed by atoms with van der Waals surface area (Å²) in [4.78, 5) is 22.8. The molecular formula is C20H14Cl2N4O5S. The van der Waals surface area contributed by atoms with E-state index < -0.39 is 20.9 Å². The zero-order valence-corrected chi connectivity index (χ0v) is 18.4. The van der Waals surface area contributed by atoms with Gasteiger partial charge in [0, 0.05) is 16.7 Å². The quantitative estimate of drug-likeness (QED) is 0.285. The number of nitrogens with zero attached hydrogens (tertiary/aromatic N) is 2. The number of halogens is 2. The number of carbonyl (C=O) groups is 1. The molecule has 0 radical (unpaired) electrons. The van der Waals surface area contributed by atoms with Gasteiger partial charge >= 0.3 is 0 Å². The fourth-order valence-electron chi connectivity index (χ4n) is 2.56. The number of hydrazone groups is 1. The van der Waals surface area contributed by atoms with E-state index in [0.29, 0.717) is 10.6 Å². The van der Waals surface area contributed by atoms with Gasteiger partial charge in [-0.3, -0.25) is 19.6 Å². The predicted molar refractivity (Wildman–Crippen MR) is 122 cm³/mol. The number of nitro benzene ring substituents is 1. The third-order valence-corrected chi connectivity index (χ3v) is 6.04. The van der Waals surface area contributed by atoms with Crippen molar-refractivity contribution in [2.24, 2.45) is 5.10 Å². The number of hydrogen-bond donors (Lipinski definition) is 2. The summed E-state index contributed by atoms with van der Waals surface area (Å²) >= 11 is 11.6. The largest absolute Gasteiger partial charge is 0.288 e. The number of carbonyl (C=O) groups excluding carboxylic acids is 1. The highest BCUT2D eigenvalue weighted by molar-refractivity contribution is 7.92. The van der Waals surface area contributed by atoms with Crippen LogP contribution in [-0.2, 0) is 10.0 Å². The molecule has 3 aromatic carbocycles. The number of para-hydroxylation sites is 1. The second-order valence-electron chi connectivity index (χ2n) is 6.27. The second-order valence-corrected chi connectivity index (χ2v) is 8.80. The van der Waals surface area contributed by atoms with E-state index >= 15 is 0 Å². The summed E-state index contributed by atoms with van der Waals surface area (Å²) in [7, 11) is -3.97. The number of sulfonamides is 1. The molecule has 0 saturated heterocycles. The van der Waals surface area contributed by atoms with Crippen LogP contribution >= 0.6 is 23.2 Å². The Morgan fingerprint density at radius 3 is 2.41 bits per heavy atom. The van der Waals surface area contributed by atoms with Crippen molar-refractivity contribution in [1.82, 2.24) is 5.43 Å². The molecule has 0 spiro atoms. The average molecular weight is 493 g/mol. The minimum atomic E-state index is -3.97. The van der Waals surface area contributed by atoms with Gasteiger partial charge in [0.25, 0.3) is 21.6 Å². The Balaban J connectivity index is 1.77. The Labute approximate surface area is 192 Å². The summed E-state index contributed by atoms with van der Waals surface area (Å²) in [6, 6.07) is 15.5. The minimum Gasteiger partial charge on any atom is -0.279 e. The summed E-state index contributed by atoms with van der Waals surface area (Å²) in [6.45, 7) is 0. The van der Waals surface area contributed by atoms with Crippen LogP contribution in [0.4, 0.5) is 11.4 Å². The van der Waals surface area contributed by atoms with Crippen LogP contribution in [0, 0.1) is 10.1 Å². The Kier molecular flexibility index (Phi) is 7.08. The van der Waals surface area contributed by atoms with E-state index in [1.165, 1.54) is 60.8 Å². The molecule has 0 bridgehead atoms. The van der Waals surface area contributed by atoms with E-state index in [1.54, 1.807) is 12.1 Å². The first-order valence-electron chi connectivity index (χ1n) is 8.82. The van der Waals surface area contributed by atoms with E-state index in [0.717, 1.165) is 0 Å². The first-order chi connectivity index (χ1) is 15.2. The highest BCUT2D eigenvalue weighted by Gasteiger charge is 2.18. The zero-order chi connectivity index (χ0) is 23.3. The topological polar surface area (TPSA) is 131 Å². The standard InChI is InChI=1S/C20H14Cl2N4O5S/c21-14-6-8-15(9-7-14)32(30,31)25-18-4-2-1-3-16(18)20(27)24-23-12-13-5-10-17(22)19(11-13)26(28)29/h1-12,25H,(H,24,27)/b23-12+. The molecule has 2 N–H and O–H groups in total. The fourth-order valence-corrected chi connectivity index (χ4v) is 3.96. The van der Waals surface area contributed by atoms with E-state index in [2.05, 4.69) is 15.2 Å². The van der Waals surface area contributed by atoms with Crippen molar-refractivity contribution in [1.29, 1.82) is 0 Å². The van der Waals surface area contributed by atoms with E-state index in [9.17, 15) is 23.3 Å². The van der Waals surface area contributed by atoms with Gasteiger partial charge in [-0.2, -0.15) is 5.10 Å². The highest BCUT2D eigenvalue weighted by atomic mass is 35.5. The molecule has 0 aliphatic rings. The maximum atomic E-state index is 12.6. The molecule has 1 amide bonds. The molecule has 164 valence electrons. The number of benzene rings is 3. The summed E-state index contributed by atoms with van der Waals surface area (Å²) in [5.41, 5.74) is 2.35. The second kappa shape index (κ2) is 9.77. The SMILES string of the molecule is O=C(N/N=C/c1ccc(Cl)c([N+](=O)[O-])c1)c1ccccc1NS(=O)(=O)c1ccc(Cl)cc1. The van der Waals surface area contributed by atoms with E-state index in [4.69, 9.17) is 23.2 Å². The van der Waals surface area contributed by atoms with Gasteiger partial charge in [0.2, 0.25) is 0 Å². The van der Waals surface area contributed by atoms with Crippen molar-refractivity contribution in [3.8, 4) is 0 Å². The molecular weight excluding hydrogens is 479 g/mol. The molecule has 0 aliphatic carbocycles. The Hall–Kier alpha value is -3.47. The fraction of sp³-hybridized carbons (Fsp3) is 0. The van der Waals surface area contributed by atoms with Gasteiger partial charge in [0.15, 0.2) is 0 Å². The third kappa shape index (κ3) is 5.61. The van der Waals surface area contributed by atoms with Crippen molar-refractivity contribution in [3.05, 3.63) is 98.0 Å². The van der Waals surface area contributed by atoms with Crippen molar-refractivity contribution in [2.45, 2.75) is 4.90 Å². The maximum Gasteiger partial charge on any atom is 0.288 e. The van der Waals surface area contributed by atoms with Crippen molar-refractivity contribution in [3.63, 3.8) is 0 Å². The number of rotatable bonds is 7. The third-order valence-electron chi connectivity index (χ3n) is 4.09. The number of nitrogens with one attached hydrogen (secondary N) is 2. The van der Waals surface area contributed by atoms with Gasteiger partial charge in [-0.05, 0) is 42.5 Å². The average Bonchev–Trinajstić information content (AvgIpc) is 2.75. The van der Waals surface area contributed by atoms with Gasteiger partial charge in [0.1, 0.15) is 5.02 Å². The van der Waals surface area contributed by atoms with Crippen LogP contribution < -0.4 is 10.1 Å². The molecule has 9 nitrogen and oxygen atoms in total. The van der Waals surface area contributed by atoms with E-state index in [-0.39, 0.29) is 26.9 Å². The molecule has 3 rings (SSSR count). The molecule has 0 unspecified atom stereocenters. The van der Waals surface area contributed by atoms with Crippen LogP contribution in [0.15, 0.2) is 76.7 Å². The summed E-state index contributed by atoms with van der Waals surface area (Å²) in [6.07, 6.45) is 1.20. The molecule has 32 heavy (non-hydrogen) atoms. The van der Waals surface area contributed by atoms with Gasteiger partial charge in [0.05, 0.1) is 27.3 Å². The molecule has 12 heteroatoms. The number of nitro groups is 1. The van der Waals surface area contributed by atoms with Crippen LogP contribution in [0.3, 0.4) is 0 Å². The Morgan fingerprint density at radius 1 is 1.03 bits per heavy atom. The van der Waals surface area contributed by atoms with Gasteiger partial charge in [-0.15, -0.1) is 0 Å². The van der Waals surface area contributed by atoms with Gasteiger partial charge in [-0.1, -0.05) is 41.4 Å². The Morgan fingerprint density at radius 2 is 1.72 bits per heavy atom. The van der Waals surface area contributed by atoms with Gasteiger partial charge in [-0.25, -0.2) is 13.8 Å². The van der Waals surface area contributed by atoms with Crippen molar-refractivity contribution in [2.75, 3.05) is 4.72 Å². The highest BCUT2D eigenvalue weighted by Crippen LogP contribution is 2.24. The van der Waals surface area contributed by atoms with Crippen LogP contribution in [0.1, 0.15) is 15.9 Å². The zero-order valence-electron chi connectivity index (χ0n) is 16.0. The van der Waals surface area contributed by atoms with E-state index in [1.807, 2.05) is 0 Å². The molecule has 0 aliphatic heterocycles. The first-order valence-corrected chi connectivity index (χ1v) is 11.1. The lowest BCUT2D eigenvalue weighted by molar-refractivity contribution is -0.384. The number of anilines is 1. The lowest BCUT2D eigenvalue weighted by Gasteiger charge is -2.11. The number of hydrogen-bond acceptors (Lipinski definition) is 6. The molecule has 0 heterocycles. The first kappa shape index (κ1) is 23.2. The minimum absolute atomic E-state index is 0.0178. The molecule has 3 aromatic rings. The van der Waals surface area contributed by atoms with Crippen molar-refractivity contribution >= 4 is 56.7 Å². The summed E-state index contributed by atoms with van der Waals surface area (Å²) in [5, 5.41) is 15.1. The van der Waals surface area contributed by atoms with Crippen LogP contribution in [-0.4, -0.2) is 25.5 Å². The smallest absolute Gasteiger partial charge is 0.279 e. The monoisotopic (exact) mass is 492 g/mol. The van der Waals surface area contributed by atoms with Crippen LogP contribution in [0.2, 0.25) is 10.0 Å².